The quantitative estimate of drug-likeness (QED) is 0.346. The number of carbonyl (C=O) groups is 1. The summed E-state index contributed by atoms with van der Waals surface area (Å²) in [7, 11) is 0. The van der Waals surface area contributed by atoms with Crippen LogP contribution in [0, 0.1) is 15.5 Å². The van der Waals surface area contributed by atoms with Crippen LogP contribution in [0.15, 0.2) is 48.5 Å². The van der Waals surface area contributed by atoms with Gasteiger partial charge in [0.25, 0.3) is 5.69 Å². The lowest BCUT2D eigenvalue weighted by Crippen LogP contribution is -2.27. The van der Waals surface area contributed by atoms with Crippen molar-refractivity contribution in [1.82, 2.24) is 9.13 Å². The Kier molecular flexibility index (Phi) is 6.68. The molecule has 142 valence electrons. The van der Waals surface area contributed by atoms with Crippen molar-refractivity contribution in [2.45, 2.75) is 32.9 Å². The van der Waals surface area contributed by atoms with Crippen LogP contribution >= 0.6 is 17.0 Å². The Balaban J connectivity index is 0.00000261. The van der Waals surface area contributed by atoms with Crippen molar-refractivity contribution in [1.29, 1.82) is 5.41 Å². The molecule has 1 N–H and O–H groups in total. The van der Waals surface area contributed by atoms with Crippen LogP contribution in [-0.4, -0.2) is 19.8 Å². The number of ketones is 1. The molecule has 3 aromatic rings. The first-order chi connectivity index (χ1) is 12.5. The molecule has 0 unspecified atom stereocenters. The lowest BCUT2D eigenvalue weighted by Gasteiger charge is -2.05. The third-order valence-electron chi connectivity index (χ3n) is 4.39. The molecule has 3 rings (SSSR count). The Hall–Kier alpha value is -2.74. The van der Waals surface area contributed by atoms with E-state index >= 15 is 0 Å². The molecule has 2 aromatic carbocycles. The highest BCUT2D eigenvalue weighted by Crippen LogP contribution is 2.17. The number of nitrogens with one attached hydrogen (secondary N) is 1. The molecule has 0 bridgehead atoms. The average molecular weight is 433 g/mol. The molecule has 0 saturated heterocycles. The van der Waals surface area contributed by atoms with E-state index in [9.17, 15) is 14.9 Å². The fourth-order valence-corrected chi connectivity index (χ4v) is 3.03. The maximum Gasteiger partial charge on any atom is 0.270 e. The topological polar surface area (TPSA) is 93.9 Å². The minimum absolute atomic E-state index is 0. The minimum atomic E-state index is -0.517. The van der Waals surface area contributed by atoms with Gasteiger partial charge in [-0.15, -0.1) is 17.0 Å². The number of aryl methyl sites for hydroxylation is 1. The number of nitrogens with zero attached hydrogens (tertiary/aromatic N) is 3. The van der Waals surface area contributed by atoms with Gasteiger partial charge in [-0.2, -0.15) is 0 Å². The van der Waals surface area contributed by atoms with Gasteiger partial charge in [0.15, 0.2) is 5.78 Å². The number of fused-ring (bicyclic) bond motifs is 1. The van der Waals surface area contributed by atoms with Crippen LogP contribution in [0.1, 0.15) is 30.1 Å². The Morgan fingerprint density at radius 3 is 2.41 bits per heavy atom. The number of unbranched alkanes of at least 4 members (excludes halogenated alkanes) is 1. The van der Waals surface area contributed by atoms with Crippen molar-refractivity contribution in [2.75, 3.05) is 0 Å². The number of Topliss-reactive ketones (excluding diaryl/α,β-unsaturated/α-hetero) is 1. The molecule has 0 saturated carbocycles. The van der Waals surface area contributed by atoms with Crippen molar-refractivity contribution in [2.24, 2.45) is 0 Å². The second kappa shape index (κ2) is 8.77. The first-order valence-electron chi connectivity index (χ1n) is 8.53. The third-order valence-corrected chi connectivity index (χ3v) is 4.39. The van der Waals surface area contributed by atoms with E-state index in [1.54, 1.807) is 10.6 Å². The van der Waals surface area contributed by atoms with Gasteiger partial charge in [-0.25, -0.2) is 0 Å². The van der Waals surface area contributed by atoms with Gasteiger partial charge in [0, 0.05) is 24.2 Å². The summed E-state index contributed by atoms with van der Waals surface area (Å²) in [4.78, 5) is 23.1. The molecule has 27 heavy (non-hydrogen) atoms. The number of hydrogen-bond acceptors (Lipinski definition) is 4. The fourth-order valence-electron chi connectivity index (χ4n) is 3.03. The SMILES string of the molecule is Br.CCCCn1c(=N)n(CC(=O)c2cccc([N+](=O)[O-])c2)c2ccccc21. The number of nitro benzene ring substituents is 1. The molecular formula is C19H21BrN4O3. The third kappa shape index (κ3) is 4.16. The predicted molar refractivity (Wildman–Crippen MR) is 108 cm³/mol. The molecule has 0 amide bonds. The lowest BCUT2D eigenvalue weighted by molar-refractivity contribution is -0.384. The first kappa shape index (κ1) is 20.6. The maximum atomic E-state index is 12.7. The normalized spacial score (nSPS) is 10.6. The summed E-state index contributed by atoms with van der Waals surface area (Å²) in [6.45, 7) is 2.78. The molecule has 0 fully saturated rings. The van der Waals surface area contributed by atoms with E-state index in [1.807, 2.05) is 28.8 Å². The Morgan fingerprint density at radius 1 is 1.11 bits per heavy atom. The molecule has 1 aromatic heterocycles. The second-order valence-corrected chi connectivity index (χ2v) is 6.13. The van der Waals surface area contributed by atoms with E-state index in [2.05, 4.69) is 6.92 Å². The highest BCUT2D eigenvalue weighted by Gasteiger charge is 2.16. The van der Waals surface area contributed by atoms with E-state index in [1.165, 1.54) is 18.2 Å². The molecule has 0 spiro atoms. The van der Waals surface area contributed by atoms with Gasteiger partial charge in [-0.3, -0.25) is 20.3 Å². The summed E-state index contributed by atoms with van der Waals surface area (Å²) in [6.07, 6.45) is 1.96. The zero-order valence-electron chi connectivity index (χ0n) is 14.9. The minimum Gasteiger partial charge on any atom is -0.310 e. The summed E-state index contributed by atoms with van der Waals surface area (Å²) in [5, 5.41) is 19.4. The lowest BCUT2D eigenvalue weighted by atomic mass is 10.1. The van der Waals surface area contributed by atoms with Gasteiger partial charge in [-0.1, -0.05) is 37.6 Å². The smallest absolute Gasteiger partial charge is 0.270 e. The molecule has 0 aliphatic carbocycles. The molecule has 8 heteroatoms. The number of aromatic nitrogens is 2. The van der Waals surface area contributed by atoms with Gasteiger partial charge in [-0.05, 0) is 18.6 Å². The largest absolute Gasteiger partial charge is 0.310 e. The first-order valence-corrected chi connectivity index (χ1v) is 8.53. The highest BCUT2D eigenvalue weighted by atomic mass is 79.9. The van der Waals surface area contributed by atoms with E-state index in [0.717, 1.165) is 23.9 Å². The van der Waals surface area contributed by atoms with Gasteiger partial charge in [0.2, 0.25) is 5.62 Å². The Labute approximate surface area is 166 Å². The number of carbonyl (C=O) groups excluding carboxylic acids is 1. The monoisotopic (exact) mass is 432 g/mol. The van der Waals surface area contributed by atoms with Gasteiger partial charge in [0.1, 0.15) is 0 Å². The molecule has 1 heterocycles. The van der Waals surface area contributed by atoms with Crippen LogP contribution < -0.4 is 5.62 Å². The number of non-ortho nitro benzene ring substituents is 1. The molecule has 0 radical (unpaired) electrons. The van der Waals surface area contributed by atoms with Crippen LogP contribution in [0.5, 0.6) is 0 Å². The van der Waals surface area contributed by atoms with Crippen molar-refractivity contribution in [3.63, 3.8) is 0 Å². The number of rotatable bonds is 7. The predicted octanol–water partition coefficient (Wildman–Crippen LogP) is 4.09. The average Bonchev–Trinajstić information content (AvgIpc) is 2.91. The van der Waals surface area contributed by atoms with Crippen molar-refractivity contribution < 1.29 is 9.72 Å². The van der Waals surface area contributed by atoms with E-state index in [-0.39, 0.29) is 46.2 Å². The number of benzene rings is 2. The zero-order valence-corrected chi connectivity index (χ0v) is 16.6. The van der Waals surface area contributed by atoms with Crippen molar-refractivity contribution >= 4 is 39.5 Å². The highest BCUT2D eigenvalue weighted by molar-refractivity contribution is 8.93. The number of nitro groups is 1. The molecule has 0 aliphatic rings. The van der Waals surface area contributed by atoms with Crippen LogP contribution in [-0.2, 0) is 13.1 Å². The molecule has 0 aliphatic heterocycles. The summed E-state index contributed by atoms with van der Waals surface area (Å²) < 4.78 is 3.56. The number of halogens is 1. The van der Waals surface area contributed by atoms with Gasteiger partial charge in [0.05, 0.1) is 22.5 Å². The van der Waals surface area contributed by atoms with E-state index < -0.39 is 4.92 Å². The van der Waals surface area contributed by atoms with E-state index in [0.29, 0.717) is 6.54 Å². The maximum absolute atomic E-state index is 12.7. The van der Waals surface area contributed by atoms with Crippen LogP contribution in [0.2, 0.25) is 0 Å². The van der Waals surface area contributed by atoms with E-state index in [4.69, 9.17) is 5.41 Å². The van der Waals surface area contributed by atoms with Crippen LogP contribution in [0.25, 0.3) is 11.0 Å². The summed E-state index contributed by atoms with van der Waals surface area (Å²) in [6, 6.07) is 13.3. The summed E-state index contributed by atoms with van der Waals surface area (Å²) >= 11 is 0. The molecular weight excluding hydrogens is 412 g/mol. The zero-order chi connectivity index (χ0) is 18.7. The van der Waals surface area contributed by atoms with Gasteiger partial charge >= 0.3 is 0 Å². The van der Waals surface area contributed by atoms with Crippen molar-refractivity contribution in [3.05, 3.63) is 69.8 Å². The van der Waals surface area contributed by atoms with Crippen LogP contribution in [0.3, 0.4) is 0 Å². The second-order valence-electron chi connectivity index (χ2n) is 6.13. The Bertz CT molecular complexity index is 1040. The number of hydrogen-bond donors (Lipinski definition) is 1. The summed E-state index contributed by atoms with van der Waals surface area (Å²) in [5.74, 6) is -0.259. The van der Waals surface area contributed by atoms with Crippen molar-refractivity contribution in [3.8, 4) is 0 Å². The summed E-state index contributed by atoms with van der Waals surface area (Å²) in [5.41, 5.74) is 2.15. The number of para-hydroxylation sites is 2. The number of imidazole rings is 1. The van der Waals surface area contributed by atoms with Crippen LogP contribution in [0.4, 0.5) is 5.69 Å². The fraction of sp³-hybridized carbons (Fsp3) is 0.263. The molecule has 0 atom stereocenters. The molecule has 7 nitrogen and oxygen atoms in total. The standard InChI is InChI=1S/C19H20N4O3.BrH/c1-2-3-11-21-16-9-4-5-10-17(16)22(19(21)20)13-18(24)14-7-6-8-15(12-14)23(25)26;/h4-10,12,20H,2-3,11,13H2,1H3;1H. The van der Waals surface area contributed by atoms with Gasteiger partial charge < -0.3 is 9.13 Å². The Morgan fingerprint density at radius 2 is 1.78 bits per heavy atom.